The third-order valence-corrected chi connectivity index (χ3v) is 3.85. The third-order valence-electron chi connectivity index (χ3n) is 3.85. The molecule has 102 valence electrons. The van der Waals surface area contributed by atoms with Crippen molar-refractivity contribution in [2.45, 2.75) is 31.4 Å². The van der Waals surface area contributed by atoms with E-state index >= 15 is 0 Å². The molecular formula is C13H18N4O2. The molecule has 1 aromatic rings. The SMILES string of the molecule is CNc1cncc(C(=O)N2CCOC3CCCC32)n1. The van der Waals surface area contributed by atoms with Gasteiger partial charge < -0.3 is 15.0 Å². The van der Waals surface area contributed by atoms with Crippen LogP contribution in [0.1, 0.15) is 29.8 Å². The van der Waals surface area contributed by atoms with Crippen LogP contribution >= 0.6 is 0 Å². The van der Waals surface area contributed by atoms with Gasteiger partial charge >= 0.3 is 0 Å². The summed E-state index contributed by atoms with van der Waals surface area (Å²) in [7, 11) is 1.76. The van der Waals surface area contributed by atoms with Gasteiger partial charge in [-0.05, 0) is 19.3 Å². The van der Waals surface area contributed by atoms with Crippen molar-refractivity contribution in [2.24, 2.45) is 0 Å². The number of hydrogen-bond acceptors (Lipinski definition) is 5. The summed E-state index contributed by atoms with van der Waals surface area (Å²) < 4.78 is 5.72. The lowest BCUT2D eigenvalue weighted by Crippen LogP contribution is -2.51. The molecule has 0 spiro atoms. The molecule has 1 aliphatic carbocycles. The van der Waals surface area contributed by atoms with Gasteiger partial charge in [-0.2, -0.15) is 0 Å². The normalized spacial score (nSPS) is 26.1. The van der Waals surface area contributed by atoms with Gasteiger partial charge in [0.15, 0.2) is 0 Å². The highest BCUT2D eigenvalue weighted by atomic mass is 16.5. The summed E-state index contributed by atoms with van der Waals surface area (Å²) in [6, 6.07) is 0.210. The summed E-state index contributed by atoms with van der Waals surface area (Å²) in [5.41, 5.74) is 0.402. The van der Waals surface area contributed by atoms with E-state index in [2.05, 4.69) is 15.3 Å². The van der Waals surface area contributed by atoms with E-state index in [0.29, 0.717) is 24.7 Å². The second-order valence-electron chi connectivity index (χ2n) is 4.95. The van der Waals surface area contributed by atoms with Crippen molar-refractivity contribution < 1.29 is 9.53 Å². The zero-order valence-electron chi connectivity index (χ0n) is 11.0. The summed E-state index contributed by atoms with van der Waals surface area (Å²) in [6.45, 7) is 1.26. The molecular weight excluding hydrogens is 244 g/mol. The minimum atomic E-state index is -0.0372. The Morgan fingerprint density at radius 3 is 3.21 bits per heavy atom. The van der Waals surface area contributed by atoms with E-state index in [1.54, 1.807) is 13.2 Å². The highest BCUT2D eigenvalue weighted by molar-refractivity contribution is 5.92. The largest absolute Gasteiger partial charge is 0.374 e. The molecule has 19 heavy (non-hydrogen) atoms. The molecule has 1 amide bonds. The summed E-state index contributed by atoms with van der Waals surface area (Å²) in [6.07, 6.45) is 6.54. The molecule has 3 rings (SSSR count). The molecule has 1 saturated carbocycles. The first kappa shape index (κ1) is 12.3. The quantitative estimate of drug-likeness (QED) is 0.858. The second-order valence-corrected chi connectivity index (χ2v) is 4.95. The average molecular weight is 262 g/mol. The van der Waals surface area contributed by atoms with Crippen molar-refractivity contribution in [1.29, 1.82) is 0 Å². The fourth-order valence-corrected chi connectivity index (χ4v) is 2.91. The van der Waals surface area contributed by atoms with Crippen LogP contribution in [0.3, 0.4) is 0 Å². The highest BCUT2D eigenvalue weighted by Crippen LogP contribution is 2.30. The Kier molecular flexibility index (Phi) is 3.33. The van der Waals surface area contributed by atoms with E-state index in [0.717, 1.165) is 19.3 Å². The predicted octanol–water partition coefficient (Wildman–Crippen LogP) is 0.912. The maximum Gasteiger partial charge on any atom is 0.274 e. The number of aromatic nitrogens is 2. The number of carbonyl (C=O) groups excluding carboxylic acids is 1. The van der Waals surface area contributed by atoms with Gasteiger partial charge in [-0.3, -0.25) is 9.78 Å². The van der Waals surface area contributed by atoms with Gasteiger partial charge in [0.1, 0.15) is 11.5 Å². The highest BCUT2D eigenvalue weighted by Gasteiger charge is 2.39. The molecule has 0 bridgehead atoms. The Morgan fingerprint density at radius 1 is 1.47 bits per heavy atom. The Morgan fingerprint density at radius 2 is 2.37 bits per heavy atom. The fourth-order valence-electron chi connectivity index (χ4n) is 2.91. The van der Waals surface area contributed by atoms with Gasteiger partial charge in [0.2, 0.25) is 0 Å². The van der Waals surface area contributed by atoms with Crippen molar-refractivity contribution in [3.05, 3.63) is 18.1 Å². The van der Waals surface area contributed by atoms with Crippen LogP contribution in [0.5, 0.6) is 0 Å². The maximum absolute atomic E-state index is 12.6. The lowest BCUT2D eigenvalue weighted by atomic mass is 10.1. The monoisotopic (exact) mass is 262 g/mol. The van der Waals surface area contributed by atoms with E-state index in [1.807, 2.05) is 4.90 Å². The number of nitrogens with one attached hydrogen (secondary N) is 1. The van der Waals surface area contributed by atoms with Crippen LogP contribution in [0.2, 0.25) is 0 Å². The molecule has 0 radical (unpaired) electrons. The number of ether oxygens (including phenoxy) is 1. The standard InChI is InChI=1S/C13H18N4O2/c1-14-12-8-15-7-9(16-12)13(18)17-5-6-19-11-4-2-3-10(11)17/h7-8,10-11H,2-6H2,1H3,(H,14,16). The first-order valence-electron chi connectivity index (χ1n) is 6.72. The second kappa shape index (κ2) is 5.13. The molecule has 2 aliphatic rings. The van der Waals surface area contributed by atoms with E-state index in [9.17, 15) is 4.79 Å². The summed E-state index contributed by atoms with van der Waals surface area (Å²) in [5.74, 6) is 0.576. The third kappa shape index (κ3) is 2.28. The molecule has 1 N–H and O–H groups in total. The van der Waals surface area contributed by atoms with Crippen molar-refractivity contribution in [1.82, 2.24) is 14.9 Å². The molecule has 6 nitrogen and oxygen atoms in total. The lowest BCUT2D eigenvalue weighted by molar-refractivity contribution is -0.0447. The van der Waals surface area contributed by atoms with E-state index < -0.39 is 0 Å². The Bertz CT molecular complexity index is 479. The van der Waals surface area contributed by atoms with Crippen LogP contribution in [0.25, 0.3) is 0 Å². The Balaban J connectivity index is 1.82. The van der Waals surface area contributed by atoms with Gasteiger partial charge in [-0.1, -0.05) is 0 Å². The topological polar surface area (TPSA) is 67.4 Å². The number of amides is 1. The minimum absolute atomic E-state index is 0.0372. The number of hydrogen-bond donors (Lipinski definition) is 1. The smallest absolute Gasteiger partial charge is 0.274 e. The van der Waals surface area contributed by atoms with Crippen molar-refractivity contribution in [3.63, 3.8) is 0 Å². The molecule has 2 fully saturated rings. The lowest BCUT2D eigenvalue weighted by Gasteiger charge is -2.37. The van der Waals surface area contributed by atoms with Crippen LogP contribution in [0, 0.1) is 0 Å². The maximum atomic E-state index is 12.6. The van der Waals surface area contributed by atoms with Crippen LogP contribution < -0.4 is 5.32 Å². The van der Waals surface area contributed by atoms with Gasteiger partial charge in [0.05, 0.1) is 31.1 Å². The summed E-state index contributed by atoms with van der Waals surface area (Å²) in [5, 5.41) is 2.90. The minimum Gasteiger partial charge on any atom is -0.374 e. The van der Waals surface area contributed by atoms with Crippen LogP contribution in [0.4, 0.5) is 5.82 Å². The molecule has 6 heteroatoms. The molecule has 2 atom stereocenters. The fraction of sp³-hybridized carbons (Fsp3) is 0.615. The Hall–Kier alpha value is -1.69. The van der Waals surface area contributed by atoms with E-state index in [4.69, 9.17) is 4.74 Å². The molecule has 1 saturated heterocycles. The van der Waals surface area contributed by atoms with Crippen LogP contribution in [0.15, 0.2) is 12.4 Å². The molecule has 2 unspecified atom stereocenters. The number of nitrogens with zero attached hydrogens (tertiary/aromatic N) is 3. The van der Waals surface area contributed by atoms with E-state index in [-0.39, 0.29) is 18.1 Å². The number of rotatable bonds is 2. The van der Waals surface area contributed by atoms with Crippen LogP contribution in [-0.4, -0.2) is 53.1 Å². The van der Waals surface area contributed by atoms with E-state index in [1.165, 1.54) is 6.20 Å². The average Bonchev–Trinajstić information content (AvgIpc) is 2.95. The number of fused-ring (bicyclic) bond motifs is 1. The van der Waals surface area contributed by atoms with Gasteiger partial charge in [-0.15, -0.1) is 0 Å². The molecule has 0 aromatic carbocycles. The Labute approximate surface area is 112 Å². The number of carbonyl (C=O) groups is 1. The van der Waals surface area contributed by atoms with Gasteiger partial charge in [0.25, 0.3) is 5.91 Å². The molecule has 1 aliphatic heterocycles. The first-order chi connectivity index (χ1) is 9.29. The predicted molar refractivity (Wildman–Crippen MR) is 70.0 cm³/mol. The van der Waals surface area contributed by atoms with Crippen molar-refractivity contribution in [2.75, 3.05) is 25.5 Å². The first-order valence-corrected chi connectivity index (χ1v) is 6.72. The summed E-state index contributed by atoms with van der Waals surface area (Å²) >= 11 is 0. The van der Waals surface area contributed by atoms with Gasteiger partial charge in [0, 0.05) is 13.6 Å². The molecule has 2 heterocycles. The summed E-state index contributed by atoms with van der Waals surface area (Å²) in [4.78, 5) is 22.8. The van der Waals surface area contributed by atoms with Crippen molar-refractivity contribution >= 4 is 11.7 Å². The van der Waals surface area contributed by atoms with Crippen molar-refractivity contribution in [3.8, 4) is 0 Å². The molecule has 1 aromatic heterocycles. The number of morpholine rings is 1. The zero-order valence-corrected chi connectivity index (χ0v) is 11.0. The van der Waals surface area contributed by atoms with Crippen LogP contribution in [-0.2, 0) is 4.74 Å². The van der Waals surface area contributed by atoms with Gasteiger partial charge in [-0.25, -0.2) is 4.98 Å². The number of anilines is 1. The zero-order chi connectivity index (χ0) is 13.2.